The lowest BCUT2D eigenvalue weighted by Crippen LogP contribution is -2.19. The van der Waals surface area contributed by atoms with Crippen molar-refractivity contribution in [2.24, 2.45) is 0 Å². The Labute approximate surface area is 59.0 Å². The van der Waals surface area contributed by atoms with Crippen molar-refractivity contribution in [2.45, 2.75) is 6.92 Å². The van der Waals surface area contributed by atoms with Crippen LogP contribution in [0.1, 0.15) is 5.56 Å². The second kappa shape index (κ2) is 2.79. The molecule has 0 aliphatic heterocycles. The van der Waals surface area contributed by atoms with Crippen LogP contribution in [0.5, 0.6) is 0 Å². The lowest BCUT2D eigenvalue weighted by atomic mass is 9.89. The van der Waals surface area contributed by atoms with Crippen LogP contribution in [0.3, 0.4) is 0 Å². The fourth-order valence-corrected chi connectivity index (χ4v) is 0.666. The van der Waals surface area contributed by atoms with Crippen LogP contribution in [-0.4, -0.2) is 17.5 Å². The Hall–Kier alpha value is -0.895. The van der Waals surface area contributed by atoms with Gasteiger partial charge in [-0.05, 0) is 12.5 Å². The van der Waals surface area contributed by atoms with Crippen molar-refractivity contribution in [1.82, 2.24) is 4.98 Å². The van der Waals surface area contributed by atoms with Gasteiger partial charge in [-0.1, -0.05) is 6.07 Å². The Balaban J connectivity index is 3.09. The number of nitrogens with zero attached hydrogens (tertiary/aromatic N) is 1. The highest BCUT2D eigenvalue weighted by Gasteiger charge is 2.02. The molecule has 0 aliphatic carbocycles. The van der Waals surface area contributed by atoms with Crippen molar-refractivity contribution in [3.63, 3.8) is 0 Å². The Kier molecular flexibility index (Phi) is 2.01. The molecule has 0 aromatic carbocycles. The van der Waals surface area contributed by atoms with E-state index in [9.17, 15) is 4.39 Å². The molecule has 0 saturated carbocycles. The molecular formula is C6H6BFNO. The highest BCUT2D eigenvalue weighted by atomic mass is 19.1. The molecule has 10 heavy (non-hydrogen) atoms. The number of hydrogen-bond acceptors (Lipinski definition) is 2. The largest absolute Gasteiger partial charge is 0.450 e. The topological polar surface area (TPSA) is 33.1 Å². The zero-order chi connectivity index (χ0) is 7.56. The SMILES string of the molecule is Cc1cnc(F)c([B]O)c1. The van der Waals surface area contributed by atoms with Crippen LogP contribution >= 0.6 is 0 Å². The Morgan fingerprint density at radius 2 is 2.40 bits per heavy atom. The van der Waals surface area contributed by atoms with Crippen LogP contribution in [0.15, 0.2) is 12.3 Å². The number of hydrogen-bond donors (Lipinski definition) is 1. The van der Waals surface area contributed by atoms with Gasteiger partial charge in [-0.3, -0.25) is 0 Å². The predicted molar refractivity (Wildman–Crippen MR) is 36.5 cm³/mol. The highest BCUT2D eigenvalue weighted by Crippen LogP contribution is 1.92. The predicted octanol–water partition coefficient (Wildman–Crippen LogP) is -0.234. The van der Waals surface area contributed by atoms with E-state index < -0.39 is 5.95 Å². The lowest BCUT2D eigenvalue weighted by Gasteiger charge is -1.96. The van der Waals surface area contributed by atoms with Crippen molar-refractivity contribution in [3.05, 3.63) is 23.8 Å². The van der Waals surface area contributed by atoms with Crippen LogP contribution in [0, 0.1) is 12.9 Å². The molecule has 0 amide bonds. The maximum atomic E-state index is 12.5. The summed E-state index contributed by atoms with van der Waals surface area (Å²) in [5, 5.41) is 8.44. The average molecular weight is 138 g/mol. The molecule has 2 nitrogen and oxygen atoms in total. The molecule has 0 fully saturated rings. The van der Waals surface area contributed by atoms with Gasteiger partial charge in [0.05, 0.1) is 0 Å². The van der Waals surface area contributed by atoms with Crippen molar-refractivity contribution >= 4 is 12.9 Å². The van der Waals surface area contributed by atoms with E-state index in [-0.39, 0.29) is 5.46 Å². The summed E-state index contributed by atoms with van der Waals surface area (Å²) in [4.78, 5) is 3.39. The maximum absolute atomic E-state index is 12.5. The van der Waals surface area contributed by atoms with Gasteiger partial charge in [0.15, 0.2) is 0 Å². The van der Waals surface area contributed by atoms with Crippen LogP contribution in [0.4, 0.5) is 4.39 Å². The summed E-state index contributed by atoms with van der Waals surface area (Å²) in [5.41, 5.74) is 0.946. The van der Waals surface area contributed by atoms with Gasteiger partial charge in [0, 0.05) is 11.7 Å². The van der Waals surface area contributed by atoms with Crippen molar-refractivity contribution in [3.8, 4) is 0 Å². The smallest absolute Gasteiger partial charge is 0.331 e. The van der Waals surface area contributed by atoms with Gasteiger partial charge in [-0.2, -0.15) is 4.39 Å². The zero-order valence-corrected chi connectivity index (χ0v) is 5.50. The summed E-state index contributed by atoms with van der Waals surface area (Å²) in [7, 11) is 0.704. The summed E-state index contributed by atoms with van der Waals surface area (Å²) in [6.07, 6.45) is 1.41. The first-order valence-corrected chi connectivity index (χ1v) is 2.83. The summed E-state index contributed by atoms with van der Waals surface area (Å²) >= 11 is 0. The number of aromatic nitrogens is 1. The summed E-state index contributed by atoms with van der Waals surface area (Å²) < 4.78 is 12.5. The molecule has 51 valence electrons. The van der Waals surface area contributed by atoms with Gasteiger partial charge in [0.1, 0.15) is 0 Å². The highest BCUT2D eigenvalue weighted by molar-refractivity contribution is 6.45. The van der Waals surface area contributed by atoms with E-state index in [0.717, 1.165) is 5.56 Å². The molecule has 1 rings (SSSR count). The van der Waals surface area contributed by atoms with E-state index in [1.165, 1.54) is 12.3 Å². The fourth-order valence-electron chi connectivity index (χ4n) is 0.666. The molecule has 0 spiro atoms. The molecule has 0 aliphatic rings. The molecule has 1 aromatic rings. The molecule has 1 aromatic heterocycles. The van der Waals surface area contributed by atoms with E-state index in [0.29, 0.717) is 7.48 Å². The first-order chi connectivity index (χ1) is 4.74. The summed E-state index contributed by atoms with van der Waals surface area (Å²) in [6.45, 7) is 1.78. The Morgan fingerprint density at radius 1 is 1.70 bits per heavy atom. The number of halogens is 1. The van der Waals surface area contributed by atoms with Crippen LogP contribution in [0.2, 0.25) is 0 Å². The number of aryl methyl sites for hydroxylation is 1. The zero-order valence-electron chi connectivity index (χ0n) is 5.50. The minimum absolute atomic E-state index is 0.125. The van der Waals surface area contributed by atoms with Gasteiger partial charge < -0.3 is 5.02 Å². The van der Waals surface area contributed by atoms with E-state index in [1.807, 2.05) is 0 Å². The summed E-state index contributed by atoms with van der Waals surface area (Å²) in [5.74, 6) is -0.645. The monoisotopic (exact) mass is 138 g/mol. The normalized spacial score (nSPS) is 9.50. The quantitative estimate of drug-likeness (QED) is 0.429. The second-order valence-electron chi connectivity index (χ2n) is 2.02. The number of pyridine rings is 1. The third-order valence-electron chi connectivity index (χ3n) is 1.14. The van der Waals surface area contributed by atoms with Gasteiger partial charge >= 0.3 is 7.48 Å². The third-order valence-corrected chi connectivity index (χ3v) is 1.14. The molecule has 1 N–H and O–H groups in total. The molecule has 1 radical (unpaired) electrons. The van der Waals surface area contributed by atoms with Crippen LogP contribution < -0.4 is 5.46 Å². The second-order valence-corrected chi connectivity index (χ2v) is 2.02. The summed E-state index contributed by atoms with van der Waals surface area (Å²) in [6, 6.07) is 1.52. The third kappa shape index (κ3) is 1.33. The van der Waals surface area contributed by atoms with Crippen molar-refractivity contribution in [1.29, 1.82) is 0 Å². The molecule has 1 heterocycles. The Bertz CT molecular complexity index is 241. The van der Waals surface area contributed by atoms with Gasteiger partial charge in [0.2, 0.25) is 5.95 Å². The van der Waals surface area contributed by atoms with Crippen molar-refractivity contribution < 1.29 is 9.41 Å². The van der Waals surface area contributed by atoms with Crippen LogP contribution in [0.25, 0.3) is 0 Å². The van der Waals surface area contributed by atoms with E-state index in [1.54, 1.807) is 6.92 Å². The van der Waals surface area contributed by atoms with Crippen molar-refractivity contribution in [2.75, 3.05) is 0 Å². The van der Waals surface area contributed by atoms with Gasteiger partial charge in [0.25, 0.3) is 0 Å². The molecule has 0 unspecified atom stereocenters. The molecule has 0 bridgehead atoms. The molecule has 0 saturated heterocycles. The molecule has 0 atom stereocenters. The Morgan fingerprint density at radius 3 is 2.90 bits per heavy atom. The fraction of sp³-hybridized carbons (Fsp3) is 0.167. The van der Waals surface area contributed by atoms with Gasteiger partial charge in [-0.15, -0.1) is 0 Å². The van der Waals surface area contributed by atoms with Crippen LogP contribution in [-0.2, 0) is 0 Å². The minimum Gasteiger partial charge on any atom is -0.450 e. The molecule has 4 heteroatoms. The van der Waals surface area contributed by atoms with Gasteiger partial charge in [-0.25, -0.2) is 4.98 Å². The minimum atomic E-state index is -0.645. The van der Waals surface area contributed by atoms with E-state index >= 15 is 0 Å². The van der Waals surface area contributed by atoms with E-state index in [4.69, 9.17) is 5.02 Å². The average Bonchev–Trinajstić information content (AvgIpc) is 1.94. The molecular weight excluding hydrogens is 132 g/mol. The maximum Gasteiger partial charge on any atom is 0.331 e. The lowest BCUT2D eigenvalue weighted by molar-refractivity contribution is 0.578. The standard InChI is InChI=1S/C6H6BFNO/c1-4-2-5(7-10)6(8)9-3-4/h2-3,10H,1H3. The van der Waals surface area contributed by atoms with E-state index in [2.05, 4.69) is 4.98 Å². The first-order valence-electron chi connectivity index (χ1n) is 2.83. The first kappa shape index (κ1) is 7.21. The number of rotatable bonds is 1.